The van der Waals surface area contributed by atoms with Crippen LogP contribution >= 0.6 is 0 Å². The van der Waals surface area contributed by atoms with Crippen molar-refractivity contribution >= 4 is 17.4 Å². The van der Waals surface area contributed by atoms with Crippen molar-refractivity contribution in [3.05, 3.63) is 90.3 Å². The Morgan fingerprint density at radius 1 is 0.974 bits per heavy atom. The lowest BCUT2D eigenvalue weighted by atomic mass is 10.1. The average molecular weight is 526 g/mol. The highest BCUT2D eigenvalue weighted by atomic mass is 19.3. The van der Waals surface area contributed by atoms with Crippen molar-refractivity contribution in [3.8, 4) is 28.5 Å². The molecule has 0 spiro atoms. The second-order valence-corrected chi connectivity index (χ2v) is 8.06. The summed E-state index contributed by atoms with van der Waals surface area (Å²) in [5, 5.41) is 5.52. The van der Waals surface area contributed by atoms with Gasteiger partial charge in [-0.05, 0) is 66.6 Å². The number of nitrogens with zero attached hydrogens (tertiary/aromatic N) is 2. The van der Waals surface area contributed by atoms with E-state index in [0.29, 0.717) is 23.0 Å². The number of rotatable bonds is 9. The van der Waals surface area contributed by atoms with Gasteiger partial charge >= 0.3 is 12.5 Å². The summed E-state index contributed by atoms with van der Waals surface area (Å²) in [6.07, 6.45) is -5.43. The minimum Gasteiger partial charge on any atom is -0.438 e. The molecule has 0 aliphatic heterocycles. The maximum Gasteiger partial charge on any atom is 0.461 e. The number of halogens is 4. The van der Waals surface area contributed by atoms with Crippen LogP contribution in [0.15, 0.2) is 79.1 Å². The first-order chi connectivity index (χ1) is 18.2. The zero-order valence-corrected chi connectivity index (χ0v) is 20.2. The van der Waals surface area contributed by atoms with Crippen LogP contribution in [0.1, 0.15) is 15.9 Å². The second kappa shape index (κ2) is 11.2. The van der Waals surface area contributed by atoms with Crippen LogP contribution in [-0.4, -0.2) is 35.5 Å². The number of aromatic nitrogens is 2. The maximum absolute atomic E-state index is 13.2. The Kier molecular flexibility index (Phi) is 7.75. The third-order valence-electron chi connectivity index (χ3n) is 5.36. The molecule has 2 aromatic carbocycles. The standard InChI is InChI=1S/C27H22F4N4O3/c1-16-8-9-18(24(36)35-19-5-3-6-20(15-19)38-27(30,31)26(28)29)13-22(16)37-25-21(7-4-11-34-25)17-10-12-33-23(14-17)32-2/h3-15,26H,1-2H3,(H,32,33)(H,35,36). The fraction of sp³-hybridized carbons (Fsp3) is 0.148. The number of anilines is 2. The molecule has 38 heavy (non-hydrogen) atoms. The molecule has 0 atom stereocenters. The van der Waals surface area contributed by atoms with Crippen LogP contribution in [0.4, 0.5) is 29.1 Å². The van der Waals surface area contributed by atoms with Crippen molar-refractivity contribution in [1.82, 2.24) is 9.97 Å². The first-order valence-electron chi connectivity index (χ1n) is 11.3. The lowest BCUT2D eigenvalue weighted by Crippen LogP contribution is -2.33. The number of pyridine rings is 2. The summed E-state index contributed by atoms with van der Waals surface area (Å²) in [6, 6.07) is 16.8. The number of hydrogen-bond donors (Lipinski definition) is 2. The third-order valence-corrected chi connectivity index (χ3v) is 5.36. The van der Waals surface area contributed by atoms with Gasteiger partial charge in [-0.3, -0.25) is 4.79 Å². The van der Waals surface area contributed by atoms with Gasteiger partial charge in [-0.15, -0.1) is 0 Å². The van der Waals surface area contributed by atoms with Crippen LogP contribution < -0.4 is 20.1 Å². The molecule has 7 nitrogen and oxygen atoms in total. The van der Waals surface area contributed by atoms with E-state index in [0.717, 1.165) is 23.3 Å². The topological polar surface area (TPSA) is 85.4 Å². The smallest absolute Gasteiger partial charge is 0.438 e. The summed E-state index contributed by atoms with van der Waals surface area (Å²) in [5.41, 5.74) is 2.53. The number of nitrogens with one attached hydrogen (secondary N) is 2. The molecule has 11 heteroatoms. The van der Waals surface area contributed by atoms with Gasteiger partial charge in [0.25, 0.3) is 5.91 Å². The van der Waals surface area contributed by atoms with E-state index in [4.69, 9.17) is 4.74 Å². The van der Waals surface area contributed by atoms with E-state index in [1.807, 2.05) is 18.2 Å². The number of hydrogen-bond acceptors (Lipinski definition) is 6. The second-order valence-electron chi connectivity index (χ2n) is 8.06. The lowest BCUT2D eigenvalue weighted by Gasteiger charge is -2.17. The number of carbonyl (C=O) groups is 1. The van der Waals surface area contributed by atoms with E-state index in [9.17, 15) is 22.4 Å². The van der Waals surface area contributed by atoms with E-state index in [1.165, 1.54) is 18.2 Å². The molecule has 4 aromatic rings. The van der Waals surface area contributed by atoms with Crippen molar-refractivity contribution in [1.29, 1.82) is 0 Å². The predicted octanol–water partition coefficient (Wildman–Crippen LogP) is 6.78. The van der Waals surface area contributed by atoms with Crippen molar-refractivity contribution in [3.63, 3.8) is 0 Å². The molecule has 0 saturated heterocycles. The summed E-state index contributed by atoms with van der Waals surface area (Å²) in [7, 11) is 1.76. The minimum absolute atomic E-state index is 0.0747. The summed E-state index contributed by atoms with van der Waals surface area (Å²) < 4.78 is 61.6. The Morgan fingerprint density at radius 3 is 2.55 bits per heavy atom. The van der Waals surface area contributed by atoms with E-state index in [1.54, 1.807) is 44.6 Å². The van der Waals surface area contributed by atoms with Crippen molar-refractivity contribution in [2.24, 2.45) is 0 Å². The monoisotopic (exact) mass is 526 g/mol. The summed E-state index contributed by atoms with van der Waals surface area (Å²) >= 11 is 0. The Labute approximate surface area is 215 Å². The van der Waals surface area contributed by atoms with Gasteiger partial charge in [0.05, 0.1) is 0 Å². The quantitative estimate of drug-likeness (QED) is 0.234. The van der Waals surface area contributed by atoms with Crippen molar-refractivity contribution in [2.45, 2.75) is 19.5 Å². The molecular formula is C27H22F4N4O3. The Hall–Kier alpha value is -4.67. The molecule has 0 radical (unpaired) electrons. The highest BCUT2D eigenvalue weighted by molar-refractivity contribution is 6.04. The number of aryl methyl sites for hydroxylation is 1. The fourth-order valence-corrected chi connectivity index (χ4v) is 3.42. The van der Waals surface area contributed by atoms with Crippen LogP contribution in [0.25, 0.3) is 11.1 Å². The van der Waals surface area contributed by atoms with E-state index >= 15 is 0 Å². The first kappa shape index (κ1) is 26.4. The third kappa shape index (κ3) is 6.17. The number of carbonyl (C=O) groups excluding carboxylic acids is 1. The van der Waals surface area contributed by atoms with Crippen LogP contribution in [0.2, 0.25) is 0 Å². The van der Waals surface area contributed by atoms with Gasteiger partial charge in [-0.25, -0.2) is 9.97 Å². The molecule has 0 aliphatic carbocycles. The SMILES string of the molecule is CNc1cc(-c2cccnc2Oc2cc(C(=O)Nc3cccc(OC(F)(F)C(F)F)c3)ccc2C)ccn1. The van der Waals surface area contributed by atoms with Gasteiger partial charge in [-0.1, -0.05) is 12.1 Å². The Morgan fingerprint density at radius 2 is 1.79 bits per heavy atom. The molecular weight excluding hydrogens is 504 g/mol. The van der Waals surface area contributed by atoms with Crippen LogP contribution in [0.5, 0.6) is 17.4 Å². The lowest BCUT2D eigenvalue weighted by molar-refractivity contribution is -0.253. The molecule has 0 fully saturated rings. The highest BCUT2D eigenvalue weighted by Gasteiger charge is 2.44. The highest BCUT2D eigenvalue weighted by Crippen LogP contribution is 2.34. The van der Waals surface area contributed by atoms with Gasteiger partial charge < -0.3 is 20.1 Å². The predicted molar refractivity (Wildman–Crippen MR) is 134 cm³/mol. The van der Waals surface area contributed by atoms with Gasteiger partial charge in [0.1, 0.15) is 17.3 Å². The first-order valence-corrected chi connectivity index (χ1v) is 11.3. The molecule has 0 aliphatic rings. The molecule has 0 unspecified atom stereocenters. The molecule has 0 saturated carbocycles. The van der Waals surface area contributed by atoms with E-state index in [2.05, 4.69) is 25.3 Å². The summed E-state index contributed by atoms with van der Waals surface area (Å²) in [6.45, 7) is 1.80. The number of alkyl halides is 4. The number of benzene rings is 2. The molecule has 1 amide bonds. The van der Waals surface area contributed by atoms with E-state index < -0.39 is 24.2 Å². The van der Waals surface area contributed by atoms with Crippen molar-refractivity contribution < 1.29 is 31.8 Å². The molecule has 2 heterocycles. The van der Waals surface area contributed by atoms with Crippen LogP contribution in [-0.2, 0) is 0 Å². The molecule has 0 bridgehead atoms. The van der Waals surface area contributed by atoms with Crippen molar-refractivity contribution in [2.75, 3.05) is 17.7 Å². The maximum atomic E-state index is 13.2. The van der Waals surface area contributed by atoms with Gasteiger partial charge in [0, 0.05) is 42.3 Å². The molecule has 2 aromatic heterocycles. The van der Waals surface area contributed by atoms with Crippen LogP contribution in [0, 0.1) is 6.92 Å². The summed E-state index contributed by atoms with van der Waals surface area (Å²) in [4.78, 5) is 21.4. The normalized spacial score (nSPS) is 11.2. The molecule has 196 valence electrons. The van der Waals surface area contributed by atoms with E-state index in [-0.39, 0.29) is 11.3 Å². The zero-order valence-electron chi connectivity index (χ0n) is 20.2. The Balaban J connectivity index is 1.55. The fourth-order valence-electron chi connectivity index (χ4n) is 3.42. The number of ether oxygens (including phenoxy) is 2. The summed E-state index contributed by atoms with van der Waals surface area (Å²) in [5.74, 6) is 0.239. The van der Waals surface area contributed by atoms with Gasteiger partial charge in [0.15, 0.2) is 0 Å². The van der Waals surface area contributed by atoms with Crippen LogP contribution in [0.3, 0.4) is 0 Å². The molecule has 4 rings (SSSR count). The zero-order chi connectivity index (χ0) is 27.3. The minimum atomic E-state index is -4.67. The van der Waals surface area contributed by atoms with Gasteiger partial charge in [0.2, 0.25) is 5.88 Å². The Bertz CT molecular complexity index is 1450. The molecule has 2 N–H and O–H groups in total. The average Bonchev–Trinajstić information content (AvgIpc) is 2.90. The van der Waals surface area contributed by atoms with Gasteiger partial charge in [-0.2, -0.15) is 17.6 Å². The number of amides is 1. The largest absolute Gasteiger partial charge is 0.461 e.